The van der Waals surface area contributed by atoms with E-state index in [1.54, 1.807) is 0 Å². The van der Waals surface area contributed by atoms with Crippen LogP contribution in [0.2, 0.25) is 0 Å². The number of benzene rings is 1. The lowest BCUT2D eigenvalue weighted by molar-refractivity contribution is 0.707. The third-order valence-corrected chi connectivity index (χ3v) is 4.04. The van der Waals surface area contributed by atoms with E-state index >= 15 is 0 Å². The second kappa shape index (κ2) is 4.72. The Bertz CT molecular complexity index is 598. The summed E-state index contributed by atoms with van der Waals surface area (Å²) in [5, 5.41) is 4.28. The molecule has 3 rings (SSSR count). The Morgan fingerprint density at radius 2 is 2.16 bits per heavy atom. The summed E-state index contributed by atoms with van der Waals surface area (Å²) in [5.41, 5.74) is 6.80. The average Bonchev–Trinajstić information content (AvgIpc) is 2.84. The number of hydrogen-bond acceptors (Lipinski definition) is 2. The lowest BCUT2D eigenvalue weighted by Crippen LogP contribution is -2.29. The van der Waals surface area contributed by atoms with Gasteiger partial charge < -0.3 is 4.90 Å². The van der Waals surface area contributed by atoms with Crippen LogP contribution in [0.3, 0.4) is 0 Å². The molecule has 1 aliphatic rings. The second-order valence-corrected chi connectivity index (χ2v) is 5.38. The van der Waals surface area contributed by atoms with Crippen molar-refractivity contribution < 1.29 is 0 Å². The van der Waals surface area contributed by atoms with Gasteiger partial charge in [0, 0.05) is 37.6 Å². The fraction of sp³-hybridized carbons (Fsp3) is 0.438. The van der Waals surface area contributed by atoms with Gasteiger partial charge in [-0.25, -0.2) is 0 Å². The lowest BCUT2D eigenvalue weighted by atomic mass is 9.94. The molecule has 0 spiro atoms. The van der Waals surface area contributed by atoms with Crippen LogP contribution in [0.15, 0.2) is 24.5 Å². The van der Waals surface area contributed by atoms with Crippen LogP contribution in [0.25, 0.3) is 11.1 Å². The summed E-state index contributed by atoms with van der Waals surface area (Å²) < 4.78 is 1.87. The third kappa shape index (κ3) is 2.14. The predicted octanol–water partition coefficient (Wildman–Crippen LogP) is 3.17. The molecule has 0 unspecified atom stereocenters. The van der Waals surface area contributed by atoms with Gasteiger partial charge >= 0.3 is 0 Å². The molecule has 1 aromatic carbocycles. The van der Waals surface area contributed by atoms with Crippen LogP contribution in [0, 0.1) is 6.92 Å². The lowest BCUT2D eigenvalue weighted by Gasteiger charge is -2.31. The van der Waals surface area contributed by atoms with Crippen molar-refractivity contribution in [1.29, 1.82) is 0 Å². The van der Waals surface area contributed by atoms with E-state index in [-0.39, 0.29) is 0 Å². The van der Waals surface area contributed by atoms with Gasteiger partial charge in [-0.1, -0.05) is 0 Å². The second-order valence-electron chi connectivity index (χ2n) is 5.38. The zero-order valence-electron chi connectivity index (χ0n) is 12.0. The highest BCUT2D eigenvalue weighted by Crippen LogP contribution is 2.34. The molecule has 0 atom stereocenters. The van der Waals surface area contributed by atoms with Gasteiger partial charge in [-0.3, -0.25) is 4.68 Å². The number of aryl methyl sites for hydroxylation is 3. The molecule has 19 heavy (non-hydrogen) atoms. The molecule has 1 aliphatic heterocycles. The maximum atomic E-state index is 4.28. The van der Waals surface area contributed by atoms with Crippen LogP contribution < -0.4 is 4.90 Å². The van der Waals surface area contributed by atoms with Crippen molar-refractivity contribution in [2.75, 3.05) is 18.0 Å². The minimum absolute atomic E-state index is 1.10. The third-order valence-electron chi connectivity index (χ3n) is 4.04. The SMILES string of the molecule is CCN1CCCc2cc(-c3cnn(C)c3)c(C)cc21. The predicted molar refractivity (Wildman–Crippen MR) is 79.6 cm³/mol. The number of aromatic nitrogens is 2. The van der Waals surface area contributed by atoms with Gasteiger partial charge in [-0.15, -0.1) is 0 Å². The van der Waals surface area contributed by atoms with Gasteiger partial charge in [-0.2, -0.15) is 5.10 Å². The molecule has 0 N–H and O–H groups in total. The van der Waals surface area contributed by atoms with Crippen LogP contribution in [0.5, 0.6) is 0 Å². The molecule has 3 heteroatoms. The van der Waals surface area contributed by atoms with Crippen LogP contribution >= 0.6 is 0 Å². The highest BCUT2D eigenvalue weighted by atomic mass is 15.2. The average molecular weight is 255 g/mol. The van der Waals surface area contributed by atoms with Crippen molar-refractivity contribution in [1.82, 2.24) is 9.78 Å². The number of rotatable bonds is 2. The zero-order valence-corrected chi connectivity index (χ0v) is 12.0. The van der Waals surface area contributed by atoms with E-state index in [0.717, 1.165) is 6.54 Å². The van der Waals surface area contributed by atoms with Gasteiger partial charge in [0.1, 0.15) is 0 Å². The monoisotopic (exact) mass is 255 g/mol. The Morgan fingerprint density at radius 3 is 2.84 bits per heavy atom. The van der Waals surface area contributed by atoms with Crippen molar-refractivity contribution in [2.24, 2.45) is 7.05 Å². The van der Waals surface area contributed by atoms with E-state index in [0.29, 0.717) is 0 Å². The molecule has 0 aliphatic carbocycles. The van der Waals surface area contributed by atoms with Crippen LogP contribution in [-0.2, 0) is 13.5 Å². The Labute approximate surface area is 114 Å². The van der Waals surface area contributed by atoms with E-state index in [9.17, 15) is 0 Å². The topological polar surface area (TPSA) is 21.1 Å². The molecular weight excluding hydrogens is 234 g/mol. The Kier molecular flexibility index (Phi) is 3.05. The summed E-state index contributed by atoms with van der Waals surface area (Å²) in [5.74, 6) is 0. The number of hydrogen-bond donors (Lipinski definition) is 0. The molecule has 100 valence electrons. The van der Waals surface area contributed by atoms with E-state index in [4.69, 9.17) is 0 Å². The van der Waals surface area contributed by atoms with E-state index in [1.807, 2.05) is 17.9 Å². The Morgan fingerprint density at radius 1 is 1.32 bits per heavy atom. The zero-order chi connectivity index (χ0) is 13.4. The maximum Gasteiger partial charge on any atom is 0.0568 e. The minimum atomic E-state index is 1.10. The fourth-order valence-electron chi connectivity index (χ4n) is 3.01. The first-order valence-corrected chi connectivity index (χ1v) is 7.06. The van der Waals surface area contributed by atoms with Crippen LogP contribution in [0.4, 0.5) is 5.69 Å². The maximum absolute atomic E-state index is 4.28. The Balaban J connectivity index is 2.09. The first kappa shape index (κ1) is 12.3. The number of anilines is 1. The highest BCUT2D eigenvalue weighted by molar-refractivity contribution is 5.72. The molecule has 0 fully saturated rings. The van der Waals surface area contributed by atoms with Crippen LogP contribution in [0.1, 0.15) is 24.5 Å². The van der Waals surface area contributed by atoms with Gasteiger partial charge in [0.05, 0.1) is 6.20 Å². The molecule has 0 amide bonds. The number of fused-ring (bicyclic) bond motifs is 1. The summed E-state index contributed by atoms with van der Waals surface area (Å²) >= 11 is 0. The standard InChI is InChI=1S/C16H21N3/c1-4-19-7-5-6-13-9-15(12(2)8-16(13)19)14-10-17-18(3)11-14/h8-11H,4-7H2,1-3H3. The van der Waals surface area contributed by atoms with Crippen molar-refractivity contribution in [3.8, 4) is 11.1 Å². The van der Waals surface area contributed by atoms with Gasteiger partial charge in [0.15, 0.2) is 0 Å². The molecule has 0 saturated carbocycles. The van der Waals surface area contributed by atoms with Crippen molar-refractivity contribution in [3.05, 3.63) is 35.7 Å². The van der Waals surface area contributed by atoms with Crippen LogP contribution in [-0.4, -0.2) is 22.9 Å². The van der Waals surface area contributed by atoms with E-state index < -0.39 is 0 Å². The van der Waals surface area contributed by atoms with E-state index in [1.165, 1.54) is 47.3 Å². The molecule has 1 aromatic heterocycles. The molecule has 0 bridgehead atoms. The van der Waals surface area contributed by atoms with Gasteiger partial charge in [0.25, 0.3) is 0 Å². The molecule has 0 radical (unpaired) electrons. The quantitative estimate of drug-likeness (QED) is 0.822. The molecule has 2 heterocycles. The summed E-state index contributed by atoms with van der Waals surface area (Å²) in [4.78, 5) is 2.48. The largest absolute Gasteiger partial charge is 0.372 e. The van der Waals surface area contributed by atoms with Crippen molar-refractivity contribution in [2.45, 2.75) is 26.7 Å². The molecule has 2 aromatic rings. The summed E-state index contributed by atoms with van der Waals surface area (Å²) in [6.45, 7) is 6.72. The summed E-state index contributed by atoms with van der Waals surface area (Å²) in [7, 11) is 1.97. The normalized spacial score (nSPS) is 14.6. The number of nitrogens with zero attached hydrogens (tertiary/aromatic N) is 3. The molecule has 0 saturated heterocycles. The summed E-state index contributed by atoms with van der Waals surface area (Å²) in [6.07, 6.45) is 6.50. The highest BCUT2D eigenvalue weighted by Gasteiger charge is 2.18. The Hall–Kier alpha value is -1.77. The van der Waals surface area contributed by atoms with Gasteiger partial charge in [0.2, 0.25) is 0 Å². The molecular formula is C16H21N3. The first-order valence-electron chi connectivity index (χ1n) is 7.06. The molecule has 3 nitrogen and oxygen atoms in total. The van der Waals surface area contributed by atoms with Crippen molar-refractivity contribution >= 4 is 5.69 Å². The summed E-state index contributed by atoms with van der Waals surface area (Å²) in [6, 6.07) is 4.71. The van der Waals surface area contributed by atoms with Gasteiger partial charge in [-0.05, 0) is 55.5 Å². The fourth-order valence-corrected chi connectivity index (χ4v) is 3.01. The van der Waals surface area contributed by atoms with E-state index in [2.05, 4.69) is 42.2 Å². The smallest absolute Gasteiger partial charge is 0.0568 e. The minimum Gasteiger partial charge on any atom is -0.372 e. The van der Waals surface area contributed by atoms with Crippen molar-refractivity contribution in [3.63, 3.8) is 0 Å². The first-order chi connectivity index (χ1) is 9.19.